The Bertz CT molecular complexity index is 482. The van der Waals surface area contributed by atoms with E-state index < -0.39 is 9.85 Å². The molecule has 0 saturated carbocycles. The fourth-order valence-electron chi connectivity index (χ4n) is 1.70. The summed E-state index contributed by atoms with van der Waals surface area (Å²) in [5.41, 5.74) is -0.0123. The second-order valence-corrected chi connectivity index (χ2v) is 5.19. The largest absolute Gasteiger partial charge is 0.312 e. The highest BCUT2D eigenvalue weighted by Gasteiger charge is 2.18. The molecule has 1 aromatic rings. The van der Waals surface area contributed by atoms with Crippen LogP contribution in [0.4, 0.5) is 11.4 Å². The Balaban J connectivity index is 2.60. The van der Waals surface area contributed by atoms with E-state index in [1.165, 1.54) is 12.1 Å². The average molecular weight is 299 g/mol. The molecule has 1 N–H and O–H groups in total. The van der Waals surface area contributed by atoms with E-state index in [4.69, 9.17) is 0 Å². The standard InChI is InChI=1S/C12H17N3O4S/c1-20-7-3-2-6-13-9-10-4-5-11(14(16)17)8-12(10)15(18)19/h4-5,8,13H,2-3,6-7,9H2,1H3. The van der Waals surface area contributed by atoms with Crippen LogP contribution in [0.25, 0.3) is 0 Å². The molecule has 20 heavy (non-hydrogen) atoms. The van der Waals surface area contributed by atoms with Gasteiger partial charge >= 0.3 is 0 Å². The van der Waals surface area contributed by atoms with Gasteiger partial charge in [-0.15, -0.1) is 0 Å². The molecule has 1 aromatic carbocycles. The van der Waals surface area contributed by atoms with Crippen molar-refractivity contribution in [1.29, 1.82) is 0 Å². The Morgan fingerprint density at radius 1 is 1.20 bits per heavy atom. The summed E-state index contributed by atoms with van der Waals surface area (Å²) in [5, 5.41) is 24.7. The predicted molar refractivity (Wildman–Crippen MR) is 79.1 cm³/mol. The molecule has 0 saturated heterocycles. The van der Waals surface area contributed by atoms with Gasteiger partial charge in [0.1, 0.15) is 0 Å². The molecule has 0 unspecified atom stereocenters. The first kappa shape index (κ1) is 16.4. The normalized spacial score (nSPS) is 10.4. The third-order valence-electron chi connectivity index (χ3n) is 2.74. The smallest absolute Gasteiger partial charge is 0.280 e. The molecule has 0 spiro atoms. The van der Waals surface area contributed by atoms with E-state index in [-0.39, 0.29) is 11.4 Å². The maximum atomic E-state index is 10.9. The summed E-state index contributed by atoms with van der Waals surface area (Å²) in [4.78, 5) is 20.3. The number of thioether (sulfide) groups is 1. The van der Waals surface area contributed by atoms with Crippen LogP contribution >= 0.6 is 11.8 Å². The van der Waals surface area contributed by atoms with Crippen molar-refractivity contribution in [2.75, 3.05) is 18.6 Å². The zero-order valence-electron chi connectivity index (χ0n) is 11.2. The van der Waals surface area contributed by atoms with Gasteiger partial charge < -0.3 is 5.32 Å². The number of nitrogens with one attached hydrogen (secondary N) is 1. The van der Waals surface area contributed by atoms with Crippen LogP contribution in [0.15, 0.2) is 18.2 Å². The van der Waals surface area contributed by atoms with Crippen molar-refractivity contribution >= 4 is 23.1 Å². The van der Waals surface area contributed by atoms with E-state index in [0.29, 0.717) is 12.1 Å². The minimum atomic E-state index is -0.632. The molecule has 0 bridgehead atoms. The fourth-order valence-corrected chi connectivity index (χ4v) is 2.20. The molecule has 0 amide bonds. The zero-order chi connectivity index (χ0) is 15.0. The third-order valence-corrected chi connectivity index (χ3v) is 3.44. The van der Waals surface area contributed by atoms with Crippen LogP contribution in [-0.2, 0) is 6.54 Å². The molecule has 0 aliphatic carbocycles. The molecule has 1 rings (SSSR count). The van der Waals surface area contributed by atoms with Crippen LogP contribution in [0.3, 0.4) is 0 Å². The summed E-state index contributed by atoms with van der Waals surface area (Å²) < 4.78 is 0. The topological polar surface area (TPSA) is 98.3 Å². The highest BCUT2D eigenvalue weighted by atomic mass is 32.2. The zero-order valence-corrected chi connectivity index (χ0v) is 12.0. The highest BCUT2D eigenvalue weighted by Crippen LogP contribution is 2.24. The van der Waals surface area contributed by atoms with Crippen molar-refractivity contribution in [3.63, 3.8) is 0 Å². The Hall–Kier alpha value is -1.67. The lowest BCUT2D eigenvalue weighted by molar-refractivity contribution is -0.394. The van der Waals surface area contributed by atoms with E-state index in [2.05, 4.69) is 5.32 Å². The van der Waals surface area contributed by atoms with Crippen LogP contribution in [0.2, 0.25) is 0 Å². The van der Waals surface area contributed by atoms with Crippen molar-refractivity contribution in [1.82, 2.24) is 5.32 Å². The van der Waals surface area contributed by atoms with Crippen LogP contribution in [0.1, 0.15) is 18.4 Å². The van der Waals surface area contributed by atoms with Gasteiger partial charge in [-0.1, -0.05) is 0 Å². The van der Waals surface area contributed by atoms with Crippen LogP contribution in [0.5, 0.6) is 0 Å². The maximum absolute atomic E-state index is 10.9. The average Bonchev–Trinajstić information content (AvgIpc) is 2.42. The molecule has 8 heteroatoms. The van der Waals surface area contributed by atoms with Crippen molar-refractivity contribution in [2.45, 2.75) is 19.4 Å². The predicted octanol–water partition coefficient (Wildman–Crippen LogP) is 2.74. The van der Waals surface area contributed by atoms with Gasteiger partial charge in [-0.3, -0.25) is 20.2 Å². The SMILES string of the molecule is CSCCCCNCc1ccc([N+](=O)[O-])cc1[N+](=O)[O-]. The molecule has 0 heterocycles. The Labute approximate surface area is 121 Å². The van der Waals surface area contributed by atoms with Gasteiger partial charge in [0.15, 0.2) is 0 Å². The van der Waals surface area contributed by atoms with Crippen LogP contribution in [-0.4, -0.2) is 28.4 Å². The summed E-state index contributed by atoms with van der Waals surface area (Å²) >= 11 is 1.79. The van der Waals surface area contributed by atoms with E-state index in [9.17, 15) is 20.2 Å². The number of nitro groups is 2. The molecule has 0 radical (unpaired) electrons. The van der Waals surface area contributed by atoms with Crippen molar-refractivity contribution in [3.05, 3.63) is 44.0 Å². The maximum Gasteiger partial charge on any atom is 0.280 e. The number of unbranched alkanes of at least 4 members (excludes halogenated alkanes) is 1. The third kappa shape index (κ3) is 5.14. The fraction of sp³-hybridized carbons (Fsp3) is 0.500. The quantitative estimate of drug-likeness (QED) is 0.427. The van der Waals surface area contributed by atoms with Gasteiger partial charge in [0.2, 0.25) is 0 Å². The first-order chi connectivity index (χ1) is 9.56. The van der Waals surface area contributed by atoms with E-state index >= 15 is 0 Å². The summed E-state index contributed by atoms with van der Waals surface area (Å²) in [6, 6.07) is 3.73. The number of nitro benzene ring substituents is 2. The first-order valence-electron chi connectivity index (χ1n) is 6.17. The van der Waals surface area contributed by atoms with Gasteiger partial charge in [0.25, 0.3) is 11.4 Å². The van der Waals surface area contributed by atoms with Gasteiger partial charge in [0.05, 0.1) is 15.9 Å². The number of nitrogens with zero attached hydrogens (tertiary/aromatic N) is 2. The molecule has 0 fully saturated rings. The minimum absolute atomic E-state index is 0.212. The lowest BCUT2D eigenvalue weighted by atomic mass is 10.1. The van der Waals surface area contributed by atoms with Crippen LogP contribution < -0.4 is 5.32 Å². The Kier molecular flexibility index (Phi) is 6.96. The van der Waals surface area contributed by atoms with Gasteiger partial charge in [0, 0.05) is 18.2 Å². The highest BCUT2D eigenvalue weighted by molar-refractivity contribution is 7.98. The summed E-state index contributed by atoms with van der Waals surface area (Å²) in [5.74, 6) is 1.10. The molecular formula is C12H17N3O4S. The second kappa shape index (κ2) is 8.49. The molecule has 110 valence electrons. The minimum Gasteiger partial charge on any atom is -0.312 e. The molecule has 0 aromatic heterocycles. The van der Waals surface area contributed by atoms with Gasteiger partial charge in [-0.2, -0.15) is 11.8 Å². The van der Waals surface area contributed by atoms with Crippen molar-refractivity contribution in [2.24, 2.45) is 0 Å². The van der Waals surface area contributed by atoms with Crippen molar-refractivity contribution < 1.29 is 9.85 Å². The van der Waals surface area contributed by atoms with Crippen molar-refractivity contribution in [3.8, 4) is 0 Å². The van der Waals surface area contributed by atoms with Crippen LogP contribution in [0, 0.1) is 20.2 Å². The molecule has 0 aliphatic rings. The lowest BCUT2D eigenvalue weighted by Crippen LogP contribution is -2.16. The van der Waals surface area contributed by atoms with Gasteiger partial charge in [-0.05, 0) is 37.5 Å². The van der Waals surface area contributed by atoms with Gasteiger partial charge in [-0.25, -0.2) is 0 Å². The first-order valence-corrected chi connectivity index (χ1v) is 7.57. The number of non-ortho nitro benzene ring substituents is 1. The Morgan fingerprint density at radius 2 is 1.95 bits per heavy atom. The summed E-state index contributed by atoms with van der Waals surface area (Å²) in [7, 11) is 0. The van der Waals surface area contributed by atoms with E-state index in [1.54, 1.807) is 11.8 Å². The molecule has 7 nitrogen and oxygen atoms in total. The Morgan fingerprint density at radius 3 is 2.55 bits per heavy atom. The van der Waals surface area contributed by atoms with E-state index in [1.807, 2.05) is 6.26 Å². The second-order valence-electron chi connectivity index (χ2n) is 4.20. The summed E-state index contributed by atoms with van der Waals surface area (Å²) in [6.45, 7) is 1.11. The summed E-state index contributed by atoms with van der Waals surface area (Å²) in [6.07, 6.45) is 4.14. The number of hydrogen-bond acceptors (Lipinski definition) is 6. The number of hydrogen-bond donors (Lipinski definition) is 1. The molecule has 0 atom stereocenters. The lowest BCUT2D eigenvalue weighted by Gasteiger charge is -2.05. The molecular weight excluding hydrogens is 282 g/mol. The molecule has 0 aliphatic heterocycles. The number of rotatable bonds is 9. The van der Waals surface area contributed by atoms with E-state index in [0.717, 1.165) is 31.2 Å². The monoisotopic (exact) mass is 299 g/mol. The number of benzene rings is 1.